The van der Waals surface area contributed by atoms with Crippen LogP contribution in [0.25, 0.3) is 0 Å². The van der Waals surface area contributed by atoms with Gasteiger partial charge in [-0.1, -0.05) is 30.3 Å². The van der Waals surface area contributed by atoms with Crippen molar-refractivity contribution in [1.82, 2.24) is 0 Å². The lowest BCUT2D eigenvalue weighted by Gasteiger charge is -1.98. The molecule has 2 aromatic rings. The van der Waals surface area contributed by atoms with Crippen LogP contribution in [0.1, 0.15) is 5.56 Å². The number of hydrogen-bond acceptors (Lipinski definition) is 0. The van der Waals surface area contributed by atoms with Gasteiger partial charge in [0.2, 0.25) is 0 Å². The maximum atomic E-state index is 3.48. The van der Waals surface area contributed by atoms with E-state index >= 15 is 0 Å². The lowest BCUT2D eigenvalue weighted by Crippen LogP contribution is -3.00. The second-order valence-corrected chi connectivity index (χ2v) is 5.16. The Kier molecular flexibility index (Phi) is 5.66. The summed E-state index contributed by atoms with van der Waals surface area (Å²) in [5.74, 6) is 0. The Morgan fingerprint density at radius 3 is 2.06 bits per heavy atom. The lowest BCUT2D eigenvalue weighted by molar-refractivity contribution is -0.689. The van der Waals surface area contributed by atoms with Crippen molar-refractivity contribution >= 4 is 31.9 Å². The summed E-state index contributed by atoms with van der Waals surface area (Å²) in [6.07, 6.45) is 4.13. The van der Waals surface area contributed by atoms with Crippen LogP contribution >= 0.6 is 31.9 Å². The second-order valence-electron chi connectivity index (χ2n) is 3.33. The van der Waals surface area contributed by atoms with Crippen LogP contribution in [0.3, 0.4) is 0 Å². The van der Waals surface area contributed by atoms with Gasteiger partial charge >= 0.3 is 0 Å². The van der Waals surface area contributed by atoms with Crippen molar-refractivity contribution in [1.29, 1.82) is 0 Å². The largest absolute Gasteiger partial charge is 1.00 e. The summed E-state index contributed by atoms with van der Waals surface area (Å²) in [5.41, 5.74) is 1.30. The summed E-state index contributed by atoms with van der Waals surface area (Å²) < 4.78 is 4.30. The maximum absolute atomic E-state index is 3.48. The standard InChI is InChI=1S/C12H10Br2N.BrH/c13-11-6-12(14)9-15(8-11)7-10-4-2-1-3-5-10;/h1-6,8-9H,7H2;1H/q+1;/p-1. The highest BCUT2D eigenvalue weighted by atomic mass is 79.9. The molecule has 2 rings (SSSR count). The van der Waals surface area contributed by atoms with Crippen molar-refractivity contribution in [3.05, 3.63) is 63.3 Å². The fraction of sp³-hybridized carbons (Fsp3) is 0.0833. The van der Waals surface area contributed by atoms with E-state index < -0.39 is 0 Å². The second kappa shape index (κ2) is 6.52. The van der Waals surface area contributed by atoms with Crippen LogP contribution in [0, 0.1) is 0 Å². The molecule has 0 atom stereocenters. The molecule has 0 radical (unpaired) electrons. The van der Waals surface area contributed by atoms with Gasteiger partial charge < -0.3 is 17.0 Å². The van der Waals surface area contributed by atoms with E-state index in [4.69, 9.17) is 0 Å². The quantitative estimate of drug-likeness (QED) is 0.640. The minimum Gasteiger partial charge on any atom is -1.00 e. The number of benzene rings is 1. The summed E-state index contributed by atoms with van der Waals surface area (Å²) in [7, 11) is 0. The Morgan fingerprint density at radius 1 is 0.938 bits per heavy atom. The van der Waals surface area contributed by atoms with Crippen LogP contribution in [0.15, 0.2) is 57.7 Å². The third-order valence-electron chi connectivity index (χ3n) is 2.06. The molecule has 0 bridgehead atoms. The van der Waals surface area contributed by atoms with Crippen LogP contribution in [-0.2, 0) is 6.54 Å². The van der Waals surface area contributed by atoms with Gasteiger partial charge in [-0.25, -0.2) is 0 Å². The van der Waals surface area contributed by atoms with Crippen LogP contribution in [-0.4, -0.2) is 0 Å². The monoisotopic (exact) mass is 405 g/mol. The van der Waals surface area contributed by atoms with Gasteiger partial charge in [-0.3, -0.25) is 0 Å². The van der Waals surface area contributed by atoms with Gasteiger partial charge in [0.25, 0.3) is 0 Å². The van der Waals surface area contributed by atoms with Crippen LogP contribution in [0.2, 0.25) is 0 Å². The van der Waals surface area contributed by atoms with Crippen molar-refractivity contribution in [3.63, 3.8) is 0 Å². The third-order valence-corrected chi connectivity index (χ3v) is 2.93. The summed E-state index contributed by atoms with van der Waals surface area (Å²) in [6, 6.07) is 12.4. The molecule has 0 aliphatic carbocycles. The summed E-state index contributed by atoms with van der Waals surface area (Å²) in [5, 5.41) is 0. The molecule has 4 heteroatoms. The molecule has 0 saturated carbocycles. The van der Waals surface area contributed by atoms with Crippen molar-refractivity contribution < 1.29 is 21.5 Å². The molecule has 0 aliphatic rings. The zero-order chi connectivity index (χ0) is 10.7. The molecule has 0 fully saturated rings. The predicted molar refractivity (Wildman–Crippen MR) is 67.6 cm³/mol. The molecule has 84 valence electrons. The first-order valence-electron chi connectivity index (χ1n) is 4.63. The van der Waals surface area contributed by atoms with Gasteiger partial charge in [0.05, 0.1) is 8.95 Å². The molecule has 0 aliphatic heterocycles. The summed E-state index contributed by atoms with van der Waals surface area (Å²) >= 11 is 6.95. The van der Waals surface area contributed by atoms with E-state index in [9.17, 15) is 0 Å². The van der Waals surface area contributed by atoms with Gasteiger partial charge in [-0.05, 0) is 37.9 Å². The molecule has 16 heavy (non-hydrogen) atoms. The first kappa shape index (κ1) is 13.9. The third kappa shape index (κ3) is 4.00. The summed E-state index contributed by atoms with van der Waals surface area (Å²) in [6.45, 7) is 0.888. The Hall–Kier alpha value is -0.190. The normalized spacial score (nSPS) is 9.62. The van der Waals surface area contributed by atoms with Crippen LogP contribution in [0.4, 0.5) is 0 Å². The first-order valence-corrected chi connectivity index (χ1v) is 6.22. The van der Waals surface area contributed by atoms with E-state index in [1.54, 1.807) is 0 Å². The van der Waals surface area contributed by atoms with E-state index in [1.165, 1.54) is 5.56 Å². The van der Waals surface area contributed by atoms with E-state index in [2.05, 4.69) is 73.1 Å². The zero-order valence-corrected chi connectivity index (χ0v) is 13.2. The molecule has 0 N–H and O–H groups in total. The zero-order valence-electron chi connectivity index (χ0n) is 8.41. The van der Waals surface area contributed by atoms with Crippen molar-refractivity contribution in [2.45, 2.75) is 6.54 Å². The van der Waals surface area contributed by atoms with E-state index in [-0.39, 0.29) is 17.0 Å². The smallest absolute Gasteiger partial charge is 0.183 e. The minimum atomic E-state index is 0. The lowest BCUT2D eigenvalue weighted by atomic mass is 10.2. The molecule has 1 aromatic carbocycles. The van der Waals surface area contributed by atoms with E-state index in [0.29, 0.717) is 0 Å². The molecule has 1 heterocycles. The van der Waals surface area contributed by atoms with Gasteiger partial charge in [0, 0.05) is 5.56 Å². The molecular formula is C12H10Br3N. The number of aromatic nitrogens is 1. The molecular weight excluding hydrogens is 398 g/mol. The Balaban J connectivity index is 0.00000128. The van der Waals surface area contributed by atoms with Crippen LogP contribution < -0.4 is 21.5 Å². The fourth-order valence-corrected chi connectivity index (χ4v) is 2.77. The van der Waals surface area contributed by atoms with Gasteiger partial charge in [-0.2, -0.15) is 4.57 Å². The van der Waals surface area contributed by atoms with Crippen molar-refractivity contribution in [3.8, 4) is 0 Å². The molecule has 1 nitrogen and oxygen atoms in total. The number of rotatable bonds is 2. The van der Waals surface area contributed by atoms with Crippen molar-refractivity contribution in [2.75, 3.05) is 0 Å². The SMILES string of the molecule is Brc1cc(Br)c[n+](Cc2ccccc2)c1.[Br-]. The molecule has 0 amide bonds. The van der Waals surface area contributed by atoms with Crippen molar-refractivity contribution in [2.24, 2.45) is 0 Å². The first-order chi connectivity index (χ1) is 7.24. The van der Waals surface area contributed by atoms with E-state index in [1.807, 2.05) is 12.1 Å². The topological polar surface area (TPSA) is 3.88 Å². The number of halogens is 3. The molecule has 0 spiro atoms. The Morgan fingerprint density at radius 2 is 1.50 bits per heavy atom. The van der Waals surface area contributed by atoms with E-state index in [0.717, 1.165) is 15.5 Å². The predicted octanol–water partition coefficient (Wildman–Crippen LogP) is 0.551. The highest BCUT2D eigenvalue weighted by Gasteiger charge is 2.05. The van der Waals surface area contributed by atoms with Gasteiger partial charge in [0.1, 0.15) is 0 Å². The van der Waals surface area contributed by atoms with Gasteiger partial charge in [0.15, 0.2) is 18.9 Å². The fourth-order valence-electron chi connectivity index (χ4n) is 1.45. The van der Waals surface area contributed by atoms with Gasteiger partial charge in [-0.15, -0.1) is 0 Å². The highest BCUT2D eigenvalue weighted by molar-refractivity contribution is 9.11. The minimum absolute atomic E-state index is 0. The molecule has 1 aromatic heterocycles. The number of nitrogens with zero attached hydrogens (tertiary/aromatic N) is 1. The Bertz CT molecular complexity index is 437. The average molecular weight is 408 g/mol. The summed E-state index contributed by atoms with van der Waals surface area (Å²) in [4.78, 5) is 0. The van der Waals surface area contributed by atoms with Crippen LogP contribution in [0.5, 0.6) is 0 Å². The Labute approximate surface area is 123 Å². The molecule has 0 saturated heterocycles. The maximum Gasteiger partial charge on any atom is 0.183 e. The number of hydrogen-bond donors (Lipinski definition) is 0. The average Bonchev–Trinajstić information content (AvgIpc) is 2.17. The number of pyridine rings is 1. The molecule has 0 unspecified atom stereocenters. The highest BCUT2D eigenvalue weighted by Crippen LogP contribution is 2.13.